The largest absolute Gasteiger partial charge is 0.378 e. The van der Waals surface area contributed by atoms with Crippen LogP contribution in [-0.2, 0) is 11.2 Å². The van der Waals surface area contributed by atoms with E-state index < -0.39 is 0 Å². The number of aromatic nitrogens is 2. The van der Waals surface area contributed by atoms with E-state index in [0.717, 1.165) is 43.5 Å². The molecule has 0 spiro atoms. The first-order valence-electron chi connectivity index (χ1n) is 5.77. The second-order valence-corrected chi connectivity index (χ2v) is 4.71. The van der Waals surface area contributed by atoms with Crippen LogP contribution >= 0.6 is 0 Å². The molecule has 1 saturated heterocycles. The van der Waals surface area contributed by atoms with Crippen LogP contribution in [0, 0.1) is 5.92 Å². The Labute approximate surface area is 89.0 Å². The Kier molecular flexibility index (Phi) is 2.24. The van der Waals surface area contributed by atoms with Crippen molar-refractivity contribution in [3.8, 4) is 0 Å². The third-order valence-corrected chi connectivity index (χ3v) is 3.34. The highest BCUT2D eigenvalue weighted by atomic mass is 16.5. The SMILES string of the molecule is CC1CC1c1nc(CC2CCCO2)no1. The molecule has 3 rings (SSSR count). The van der Waals surface area contributed by atoms with Crippen molar-refractivity contribution in [1.29, 1.82) is 0 Å². The molecule has 1 aromatic rings. The van der Waals surface area contributed by atoms with Gasteiger partial charge in [-0.1, -0.05) is 12.1 Å². The minimum absolute atomic E-state index is 0.312. The predicted molar refractivity (Wildman–Crippen MR) is 53.5 cm³/mol. The van der Waals surface area contributed by atoms with Gasteiger partial charge in [0.1, 0.15) is 0 Å². The Bertz CT molecular complexity index is 344. The zero-order valence-electron chi connectivity index (χ0n) is 8.98. The van der Waals surface area contributed by atoms with Crippen LogP contribution in [-0.4, -0.2) is 22.9 Å². The van der Waals surface area contributed by atoms with Gasteiger partial charge in [0.2, 0.25) is 5.89 Å². The van der Waals surface area contributed by atoms with Crippen LogP contribution in [0.4, 0.5) is 0 Å². The van der Waals surface area contributed by atoms with Crippen molar-refractivity contribution in [2.75, 3.05) is 6.61 Å². The Balaban J connectivity index is 1.63. The van der Waals surface area contributed by atoms with E-state index in [4.69, 9.17) is 9.26 Å². The van der Waals surface area contributed by atoms with Gasteiger partial charge in [-0.05, 0) is 25.2 Å². The van der Waals surface area contributed by atoms with Gasteiger partial charge in [0.05, 0.1) is 6.10 Å². The first kappa shape index (κ1) is 9.33. The van der Waals surface area contributed by atoms with Crippen molar-refractivity contribution in [1.82, 2.24) is 10.1 Å². The van der Waals surface area contributed by atoms with Crippen LogP contribution in [0.5, 0.6) is 0 Å². The standard InChI is InChI=1S/C11H16N2O2/c1-7-5-9(7)11-12-10(13-15-11)6-8-3-2-4-14-8/h7-9H,2-6H2,1H3. The monoisotopic (exact) mass is 208 g/mol. The third kappa shape index (κ3) is 1.91. The first-order chi connectivity index (χ1) is 7.33. The number of hydrogen-bond acceptors (Lipinski definition) is 4. The fourth-order valence-corrected chi connectivity index (χ4v) is 2.18. The summed E-state index contributed by atoms with van der Waals surface area (Å²) in [5.74, 6) is 2.89. The van der Waals surface area contributed by atoms with Gasteiger partial charge in [-0.15, -0.1) is 0 Å². The summed E-state index contributed by atoms with van der Waals surface area (Å²) < 4.78 is 10.8. The summed E-state index contributed by atoms with van der Waals surface area (Å²) >= 11 is 0. The fraction of sp³-hybridized carbons (Fsp3) is 0.818. The van der Waals surface area contributed by atoms with Crippen molar-refractivity contribution < 1.29 is 9.26 Å². The molecule has 2 heterocycles. The molecule has 3 atom stereocenters. The van der Waals surface area contributed by atoms with Crippen molar-refractivity contribution in [3.05, 3.63) is 11.7 Å². The molecule has 0 bridgehead atoms. The highest BCUT2D eigenvalue weighted by Gasteiger charge is 2.39. The van der Waals surface area contributed by atoms with Gasteiger partial charge in [-0.2, -0.15) is 4.98 Å². The molecule has 0 aromatic carbocycles. The van der Waals surface area contributed by atoms with Gasteiger partial charge in [0.25, 0.3) is 0 Å². The van der Waals surface area contributed by atoms with Gasteiger partial charge >= 0.3 is 0 Å². The molecule has 1 saturated carbocycles. The molecule has 0 radical (unpaired) electrons. The Morgan fingerprint density at radius 1 is 1.47 bits per heavy atom. The number of rotatable bonds is 3. The molecule has 2 aliphatic rings. The Morgan fingerprint density at radius 2 is 2.33 bits per heavy atom. The zero-order chi connectivity index (χ0) is 10.3. The zero-order valence-corrected chi connectivity index (χ0v) is 8.98. The van der Waals surface area contributed by atoms with E-state index in [1.54, 1.807) is 0 Å². The number of nitrogens with zero attached hydrogens (tertiary/aromatic N) is 2. The highest BCUT2D eigenvalue weighted by molar-refractivity contribution is 5.06. The second-order valence-electron chi connectivity index (χ2n) is 4.71. The smallest absolute Gasteiger partial charge is 0.230 e. The van der Waals surface area contributed by atoms with Crippen molar-refractivity contribution in [3.63, 3.8) is 0 Å². The number of hydrogen-bond donors (Lipinski definition) is 0. The van der Waals surface area contributed by atoms with Crippen LogP contribution in [0.1, 0.15) is 43.8 Å². The maximum atomic E-state index is 5.54. The molecule has 0 N–H and O–H groups in total. The average molecular weight is 208 g/mol. The molecule has 2 fully saturated rings. The minimum Gasteiger partial charge on any atom is -0.378 e. The summed E-state index contributed by atoms with van der Waals surface area (Å²) in [5.41, 5.74) is 0. The van der Waals surface area contributed by atoms with E-state index in [2.05, 4.69) is 17.1 Å². The number of ether oxygens (including phenoxy) is 1. The summed E-state index contributed by atoms with van der Waals surface area (Å²) in [5, 5.41) is 4.01. The molecule has 15 heavy (non-hydrogen) atoms. The summed E-state index contributed by atoms with van der Waals surface area (Å²) in [6, 6.07) is 0. The summed E-state index contributed by atoms with van der Waals surface area (Å²) in [6.45, 7) is 3.10. The second kappa shape index (κ2) is 3.59. The van der Waals surface area contributed by atoms with E-state index >= 15 is 0 Å². The molecule has 3 unspecified atom stereocenters. The van der Waals surface area contributed by atoms with Crippen LogP contribution < -0.4 is 0 Å². The van der Waals surface area contributed by atoms with Gasteiger partial charge in [-0.3, -0.25) is 0 Å². The van der Waals surface area contributed by atoms with Crippen molar-refractivity contribution in [2.24, 2.45) is 5.92 Å². The predicted octanol–water partition coefficient (Wildman–Crippen LogP) is 1.91. The normalized spacial score (nSPS) is 34.6. The van der Waals surface area contributed by atoms with Gasteiger partial charge in [-0.25, -0.2) is 0 Å². The van der Waals surface area contributed by atoms with E-state index in [-0.39, 0.29) is 0 Å². The highest BCUT2D eigenvalue weighted by Crippen LogP contribution is 2.46. The maximum absolute atomic E-state index is 5.54. The lowest BCUT2D eigenvalue weighted by Crippen LogP contribution is -2.09. The lowest BCUT2D eigenvalue weighted by Gasteiger charge is -2.03. The molecule has 1 aliphatic heterocycles. The Morgan fingerprint density at radius 3 is 3.00 bits per heavy atom. The van der Waals surface area contributed by atoms with Gasteiger partial charge < -0.3 is 9.26 Å². The van der Waals surface area contributed by atoms with Gasteiger partial charge in [0.15, 0.2) is 5.82 Å². The summed E-state index contributed by atoms with van der Waals surface area (Å²) in [6.07, 6.45) is 4.61. The maximum Gasteiger partial charge on any atom is 0.230 e. The quantitative estimate of drug-likeness (QED) is 0.761. The van der Waals surface area contributed by atoms with Gasteiger partial charge in [0, 0.05) is 18.9 Å². The summed E-state index contributed by atoms with van der Waals surface area (Å²) in [4.78, 5) is 4.43. The van der Waals surface area contributed by atoms with Crippen LogP contribution in [0.3, 0.4) is 0 Å². The van der Waals surface area contributed by atoms with Crippen molar-refractivity contribution >= 4 is 0 Å². The van der Waals surface area contributed by atoms with E-state index in [1.807, 2.05) is 0 Å². The van der Waals surface area contributed by atoms with Crippen molar-refractivity contribution in [2.45, 2.75) is 44.6 Å². The molecule has 82 valence electrons. The lowest BCUT2D eigenvalue weighted by molar-refractivity contribution is 0.109. The molecular weight excluding hydrogens is 192 g/mol. The third-order valence-electron chi connectivity index (χ3n) is 3.34. The van der Waals surface area contributed by atoms with Crippen LogP contribution in [0.15, 0.2) is 4.52 Å². The molecule has 0 amide bonds. The molecule has 4 heteroatoms. The van der Waals surface area contributed by atoms with Crippen LogP contribution in [0.25, 0.3) is 0 Å². The fourth-order valence-electron chi connectivity index (χ4n) is 2.18. The summed E-state index contributed by atoms with van der Waals surface area (Å²) in [7, 11) is 0. The average Bonchev–Trinajstić information content (AvgIpc) is 2.74. The van der Waals surface area contributed by atoms with E-state index in [1.165, 1.54) is 6.42 Å². The minimum atomic E-state index is 0.312. The van der Waals surface area contributed by atoms with Crippen LogP contribution in [0.2, 0.25) is 0 Å². The first-order valence-corrected chi connectivity index (χ1v) is 5.77. The van der Waals surface area contributed by atoms with E-state index in [0.29, 0.717) is 12.0 Å². The molecule has 1 aromatic heterocycles. The Hall–Kier alpha value is -0.900. The topological polar surface area (TPSA) is 48.2 Å². The molecular formula is C11H16N2O2. The molecule has 1 aliphatic carbocycles. The molecule has 4 nitrogen and oxygen atoms in total. The lowest BCUT2D eigenvalue weighted by atomic mass is 10.2. The van der Waals surface area contributed by atoms with E-state index in [9.17, 15) is 0 Å².